The minimum absolute atomic E-state index is 0.0227. The molecule has 0 aromatic heterocycles. The first kappa shape index (κ1) is 13.8. The van der Waals surface area contributed by atoms with Crippen molar-refractivity contribution in [3.63, 3.8) is 0 Å². The minimum atomic E-state index is -1.11. The van der Waals surface area contributed by atoms with Crippen molar-refractivity contribution in [2.75, 3.05) is 11.4 Å². The number of nitro benzene ring substituents is 1. The standard InChI is InChI=1S/C12H12N2O6/c1-6-2-8(14(19)20)4-9(11(6)16)13-5-7(12(17)18)3-10(13)15/h2,4,7,16H,3,5H2,1H3,(H,17,18)/t7-/m1/s1. The van der Waals surface area contributed by atoms with E-state index in [1.807, 2.05) is 0 Å². The van der Waals surface area contributed by atoms with Crippen molar-refractivity contribution in [2.24, 2.45) is 5.92 Å². The second-order valence-corrected chi connectivity index (χ2v) is 4.63. The van der Waals surface area contributed by atoms with Crippen molar-refractivity contribution >= 4 is 23.3 Å². The zero-order valence-corrected chi connectivity index (χ0v) is 10.6. The van der Waals surface area contributed by atoms with Gasteiger partial charge in [-0.3, -0.25) is 19.7 Å². The molecule has 0 radical (unpaired) electrons. The number of phenols is 1. The molecule has 2 N–H and O–H groups in total. The highest BCUT2D eigenvalue weighted by Crippen LogP contribution is 2.37. The van der Waals surface area contributed by atoms with E-state index in [-0.39, 0.29) is 35.7 Å². The number of carbonyl (C=O) groups excluding carboxylic acids is 1. The third kappa shape index (κ3) is 2.27. The topological polar surface area (TPSA) is 121 Å². The number of aryl methyl sites for hydroxylation is 1. The Bertz CT molecular complexity index is 612. The van der Waals surface area contributed by atoms with Gasteiger partial charge in [0.05, 0.1) is 16.5 Å². The maximum Gasteiger partial charge on any atom is 0.308 e. The fourth-order valence-corrected chi connectivity index (χ4v) is 2.16. The van der Waals surface area contributed by atoms with Crippen LogP contribution in [0.2, 0.25) is 0 Å². The van der Waals surface area contributed by atoms with E-state index < -0.39 is 22.7 Å². The molecule has 0 unspecified atom stereocenters. The zero-order chi connectivity index (χ0) is 15.0. The van der Waals surface area contributed by atoms with Gasteiger partial charge in [0.1, 0.15) is 5.75 Å². The first-order chi connectivity index (χ1) is 9.31. The van der Waals surface area contributed by atoms with E-state index in [4.69, 9.17) is 5.11 Å². The summed E-state index contributed by atoms with van der Waals surface area (Å²) in [6, 6.07) is 2.26. The predicted octanol–water partition coefficient (Wildman–Crippen LogP) is 1.05. The summed E-state index contributed by atoms with van der Waals surface area (Å²) in [4.78, 5) is 34.0. The van der Waals surface area contributed by atoms with E-state index >= 15 is 0 Å². The van der Waals surface area contributed by atoms with Gasteiger partial charge in [-0.25, -0.2) is 0 Å². The summed E-state index contributed by atoms with van der Waals surface area (Å²) in [5.41, 5.74) is -0.0342. The van der Waals surface area contributed by atoms with Crippen LogP contribution in [-0.2, 0) is 9.59 Å². The van der Waals surface area contributed by atoms with Crippen molar-refractivity contribution in [1.29, 1.82) is 0 Å². The molecule has 1 heterocycles. The molecule has 1 aromatic carbocycles. The summed E-state index contributed by atoms with van der Waals surface area (Å²) in [7, 11) is 0. The molecule has 1 saturated heterocycles. The number of phenolic OH excluding ortho intramolecular Hbond substituents is 1. The van der Waals surface area contributed by atoms with Crippen molar-refractivity contribution in [2.45, 2.75) is 13.3 Å². The summed E-state index contributed by atoms with van der Waals surface area (Å²) >= 11 is 0. The highest BCUT2D eigenvalue weighted by atomic mass is 16.6. The van der Waals surface area contributed by atoms with E-state index in [0.29, 0.717) is 0 Å². The fourth-order valence-electron chi connectivity index (χ4n) is 2.16. The van der Waals surface area contributed by atoms with Gasteiger partial charge in [-0.2, -0.15) is 0 Å². The summed E-state index contributed by atoms with van der Waals surface area (Å²) < 4.78 is 0. The molecule has 106 valence electrons. The third-order valence-electron chi connectivity index (χ3n) is 3.24. The van der Waals surface area contributed by atoms with Crippen molar-refractivity contribution in [1.82, 2.24) is 0 Å². The van der Waals surface area contributed by atoms with Crippen LogP contribution in [0.4, 0.5) is 11.4 Å². The van der Waals surface area contributed by atoms with Crippen LogP contribution >= 0.6 is 0 Å². The Morgan fingerprint density at radius 1 is 1.50 bits per heavy atom. The fraction of sp³-hybridized carbons (Fsp3) is 0.333. The second kappa shape index (κ2) is 4.80. The number of nitrogens with zero attached hydrogens (tertiary/aromatic N) is 2. The number of hydrogen-bond donors (Lipinski definition) is 2. The molecule has 1 amide bonds. The number of hydrogen-bond acceptors (Lipinski definition) is 5. The largest absolute Gasteiger partial charge is 0.505 e. The van der Waals surface area contributed by atoms with Crippen LogP contribution < -0.4 is 4.90 Å². The van der Waals surface area contributed by atoms with Crippen molar-refractivity contribution < 1.29 is 24.7 Å². The van der Waals surface area contributed by atoms with Crippen LogP contribution in [0.3, 0.4) is 0 Å². The minimum Gasteiger partial charge on any atom is -0.505 e. The first-order valence-electron chi connectivity index (χ1n) is 5.82. The molecule has 2 rings (SSSR count). The van der Waals surface area contributed by atoms with E-state index in [1.54, 1.807) is 0 Å². The van der Waals surface area contributed by atoms with Gasteiger partial charge in [-0.15, -0.1) is 0 Å². The lowest BCUT2D eigenvalue weighted by atomic mass is 10.1. The van der Waals surface area contributed by atoms with Gasteiger partial charge in [-0.1, -0.05) is 0 Å². The average molecular weight is 280 g/mol. The molecule has 8 heteroatoms. The van der Waals surface area contributed by atoms with Gasteiger partial charge in [0.2, 0.25) is 5.91 Å². The molecule has 8 nitrogen and oxygen atoms in total. The number of aromatic hydroxyl groups is 1. The predicted molar refractivity (Wildman–Crippen MR) is 67.6 cm³/mol. The number of aliphatic carboxylic acids is 1. The Labute approximate surface area is 113 Å². The number of nitro groups is 1. The lowest BCUT2D eigenvalue weighted by molar-refractivity contribution is -0.384. The Kier molecular flexibility index (Phi) is 3.31. The number of benzene rings is 1. The third-order valence-corrected chi connectivity index (χ3v) is 3.24. The number of amides is 1. The molecule has 0 bridgehead atoms. The number of rotatable bonds is 3. The number of carbonyl (C=O) groups is 2. The quantitative estimate of drug-likeness (QED) is 0.630. The van der Waals surface area contributed by atoms with Crippen LogP contribution in [0.1, 0.15) is 12.0 Å². The number of carboxylic acid groups (broad SMARTS) is 1. The van der Waals surface area contributed by atoms with E-state index in [0.717, 1.165) is 11.0 Å². The second-order valence-electron chi connectivity index (χ2n) is 4.63. The van der Waals surface area contributed by atoms with E-state index in [9.17, 15) is 24.8 Å². The lowest BCUT2D eigenvalue weighted by Gasteiger charge is -2.18. The average Bonchev–Trinajstić information content (AvgIpc) is 2.74. The van der Waals surface area contributed by atoms with Gasteiger partial charge in [0.15, 0.2) is 0 Å². The van der Waals surface area contributed by atoms with Gasteiger partial charge in [0.25, 0.3) is 5.69 Å². The monoisotopic (exact) mass is 280 g/mol. The number of non-ortho nitro benzene ring substituents is 1. The van der Waals surface area contributed by atoms with Crippen LogP contribution in [0.25, 0.3) is 0 Å². The molecular weight excluding hydrogens is 268 g/mol. The molecule has 0 spiro atoms. The number of anilines is 1. The van der Waals surface area contributed by atoms with Gasteiger partial charge in [0, 0.05) is 25.1 Å². The normalized spacial score (nSPS) is 18.4. The lowest BCUT2D eigenvalue weighted by Crippen LogP contribution is -2.26. The molecule has 1 atom stereocenters. The summed E-state index contributed by atoms with van der Waals surface area (Å²) in [6.07, 6.45) is -0.184. The first-order valence-corrected chi connectivity index (χ1v) is 5.82. The molecule has 20 heavy (non-hydrogen) atoms. The van der Waals surface area contributed by atoms with Crippen molar-refractivity contribution in [3.05, 3.63) is 27.8 Å². The maximum absolute atomic E-state index is 11.8. The Hall–Kier alpha value is -2.64. The molecule has 1 fully saturated rings. The molecule has 0 aliphatic carbocycles. The van der Waals surface area contributed by atoms with Crippen LogP contribution in [0, 0.1) is 23.0 Å². The zero-order valence-electron chi connectivity index (χ0n) is 10.6. The highest BCUT2D eigenvalue weighted by molar-refractivity contribution is 6.00. The van der Waals surface area contributed by atoms with Gasteiger partial charge < -0.3 is 15.1 Å². The number of carboxylic acids is 1. The van der Waals surface area contributed by atoms with Gasteiger partial charge >= 0.3 is 5.97 Å². The molecular formula is C12H12N2O6. The van der Waals surface area contributed by atoms with Crippen LogP contribution in [-0.4, -0.2) is 33.6 Å². The maximum atomic E-state index is 11.8. The van der Waals surface area contributed by atoms with Crippen LogP contribution in [0.15, 0.2) is 12.1 Å². The summed E-state index contributed by atoms with van der Waals surface area (Å²) in [6.45, 7) is 1.36. The van der Waals surface area contributed by atoms with Crippen molar-refractivity contribution in [3.8, 4) is 5.75 Å². The molecule has 0 saturated carbocycles. The summed E-state index contributed by atoms with van der Waals surface area (Å²) in [5, 5.41) is 29.7. The Balaban J connectivity index is 2.45. The SMILES string of the molecule is Cc1cc([N+](=O)[O-])cc(N2C[C@H](C(=O)O)CC2=O)c1O. The highest BCUT2D eigenvalue weighted by Gasteiger charge is 2.37. The molecule has 1 aliphatic rings. The van der Waals surface area contributed by atoms with Crippen LogP contribution in [0.5, 0.6) is 5.75 Å². The van der Waals surface area contributed by atoms with E-state index in [1.165, 1.54) is 13.0 Å². The molecule has 1 aliphatic heterocycles. The smallest absolute Gasteiger partial charge is 0.308 e. The van der Waals surface area contributed by atoms with Gasteiger partial charge in [-0.05, 0) is 12.5 Å². The Morgan fingerprint density at radius 3 is 2.65 bits per heavy atom. The summed E-state index contributed by atoms with van der Waals surface area (Å²) in [5.74, 6) is -2.72. The molecule has 1 aromatic rings. The van der Waals surface area contributed by atoms with E-state index in [2.05, 4.69) is 0 Å². The Morgan fingerprint density at radius 2 is 2.15 bits per heavy atom.